The zero-order valence-electron chi connectivity index (χ0n) is 12.7. The molecule has 1 aliphatic rings. The summed E-state index contributed by atoms with van der Waals surface area (Å²) in [6, 6.07) is 10.2. The Morgan fingerprint density at radius 1 is 1.38 bits per heavy atom. The highest BCUT2D eigenvalue weighted by Gasteiger charge is 2.28. The molecule has 0 aliphatic carbocycles. The number of para-hydroxylation sites is 1. The maximum atomic E-state index is 10.5. The molecule has 1 aromatic carbocycles. The van der Waals surface area contributed by atoms with Crippen molar-refractivity contribution in [1.82, 2.24) is 4.90 Å². The molecule has 21 heavy (non-hydrogen) atoms. The number of ether oxygens (including phenoxy) is 1. The maximum absolute atomic E-state index is 10.5. The largest absolute Gasteiger partial charge is 0.458 e. The molecule has 1 fully saturated rings. The average molecular weight is 289 g/mol. The van der Waals surface area contributed by atoms with Gasteiger partial charge >= 0.3 is 0 Å². The smallest absolute Gasteiger partial charge is 0.135 e. The number of rotatable bonds is 4. The molecule has 2 heterocycles. The lowest BCUT2D eigenvalue weighted by Gasteiger charge is -2.38. The highest BCUT2D eigenvalue weighted by Crippen LogP contribution is 2.26. The van der Waals surface area contributed by atoms with Gasteiger partial charge in [-0.1, -0.05) is 25.1 Å². The Labute approximate surface area is 125 Å². The molecular formula is C17H23NO3. The Balaban J connectivity index is 1.73. The second-order valence-electron chi connectivity index (χ2n) is 5.86. The van der Waals surface area contributed by atoms with Crippen molar-refractivity contribution in [3.63, 3.8) is 0 Å². The van der Waals surface area contributed by atoms with Crippen molar-refractivity contribution in [3.8, 4) is 0 Å². The van der Waals surface area contributed by atoms with Crippen LogP contribution in [0.1, 0.15) is 32.1 Å². The first-order valence-corrected chi connectivity index (χ1v) is 7.69. The number of fused-ring (bicyclic) bond motifs is 1. The molecule has 1 aliphatic heterocycles. The Morgan fingerprint density at radius 2 is 2.19 bits per heavy atom. The number of nitrogens with zero attached hydrogens (tertiary/aromatic N) is 1. The number of hydrogen-bond acceptors (Lipinski definition) is 4. The molecule has 1 saturated heterocycles. The minimum atomic E-state index is -0.600. The molecule has 0 saturated carbocycles. The van der Waals surface area contributed by atoms with Gasteiger partial charge in [0.15, 0.2) is 0 Å². The van der Waals surface area contributed by atoms with Crippen molar-refractivity contribution in [2.75, 3.05) is 19.7 Å². The number of furan rings is 1. The van der Waals surface area contributed by atoms with Gasteiger partial charge in [0.05, 0.1) is 12.7 Å². The number of β-amino-alcohol motifs (C(OH)–C–C–N with tert-alkyl or cyclic N) is 1. The predicted molar refractivity (Wildman–Crippen MR) is 82.2 cm³/mol. The minimum Gasteiger partial charge on any atom is -0.458 e. The summed E-state index contributed by atoms with van der Waals surface area (Å²) in [4.78, 5) is 2.31. The molecule has 3 rings (SSSR count). The van der Waals surface area contributed by atoms with E-state index in [1.807, 2.05) is 30.3 Å². The van der Waals surface area contributed by atoms with Crippen LogP contribution >= 0.6 is 0 Å². The van der Waals surface area contributed by atoms with Gasteiger partial charge in [-0.2, -0.15) is 0 Å². The molecule has 2 aromatic rings. The summed E-state index contributed by atoms with van der Waals surface area (Å²) in [6.07, 6.45) is 0.645. The van der Waals surface area contributed by atoms with Gasteiger partial charge in [-0.3, -0.25) is 4.90 Å². The van der Waals surface area contributed by atoms with Gasteiger partial charge < -0.3 is 14.3 Å². The Morgan fingerprint density at radius 3 is 2.95 bits per heavy atom. The highest BCUT2D eigenvalue weighted by atomic mass is 16.5. The molecule has 3 unspecified atom stereocenters. The van der Waals surface area contributed by atoms with Crippen LogP contribution < -0.4 is 0 Å². The van der Waals surface area contributed by atoms with Crippen molar-refractivity contribution in [2.24, 2.45) is 0 Å². The minimum absolute atomic E-state index is 0.218. The standard InChI is InChI=1S/C17H23NO3/c1-3-14-11-20-12(2)9-18(14)10-15(19)17-8-13-6-4-5-7-16(13)21-17/h4-8,12,14-15,19H,3,9-11H2,1-2H3. The third kappa shape index (κ3) is 3.12. The van der Waals surface area contributed by atoms with E-state index in [1.54, 1.807) is 0 Å². The maximum Gasteiger partial charge on any atom is 0.135 e. The van der Waals surface area contributed by atoms with E-state index in [1.165, 1.54) is 0 Å². The highest BCUT2D eigenvalue weighted by molar-refractivity contribution is 5.77. The normalized spacial score (nSPS) is 25.3. The SMILES string of the molecule is CCC1COC(C)CN1CC(O)c1cc2ccccc2o1. The van der Waals surface area contributed by atoms with E-state index in [0.29, 0.717) is 18.3 Å². The zero-order chi connectivity index (χ0) is 14.8. The Bertz CT molecular complexity index is 561. The summed E-state index contributed by atoms with van der Waals surface area (Å²) in [6.45, 7) is 6.42. The van der Waals surface area contributed by atoms with Crippen LogP contribution in [0, 0.1) is 0 Å². The van der Waals surface area contributed by atoms with Crippen LogP contribution in [-0.4, -0.2) is 41.8 Å². The van der Waals surface area contributed by atoms with E-state index in [0.717, 1.165) is 30.5 Å². The van der Waals surface area contributed by atoms with Gasteiger partial charge in [-0.05, 0) is 25.5 Å². The summed E-state index contributed by atoms with van der Waals surface area (Å²) in [7, 11) is 0. The molecule has 0 amide bonds. The monoisotopic (exact) mass is 289 g/mol. The lowest BCUT2D eigenvalue weighted by atomic mass is 10.1. The van der Waals surface area contributed by atoms with Crippen LogP contribution in [0.2, 0.25) is 0 Å². The number of hydrogen-bond donors (Lipinski definition) is 1. The first-order valence-electron chi connectivity index (χ1n) is 7.69. The van der Waals surface area contributed by atoms with Crippen molar-refractivity contribution >= 4 is 11.0 Å². The zero-order valence-corrected chi connectivity index (χ0v) is 12.7. The van der Waals surface area contributed by atoms with Crippen LogP contribution in [0.5, 0.6) is 0 Å². The molecule has 0 bridgehead atoms. The van der Waals surface area contributed by atoms with Crippen molar-refractivity contribution in [2.45, 2.75) is 38.5 Å². The fourth-order valence-electron chi connectivity index (χ4n) is 2.99. The second-order valence-corrected chi connectivity index (χ2v) is 5.86. The Kier molecular flexibility index (Phi) is 4.29. The third-order valence-electron chi connectivity index (χ3n) is 4.23. The topological polar surface area (TPSA) is 45.8 Å². The lowest BCUT2D eigenvalue weighted by Crippen LogP contribution is -2.49. The number of benzene rings is 1. The molecule has 114 valence electrons. The van der Waals surface area contributed by atoms with Gasteiger partial charge in [-0.25, -0.2) is 0 Å². The molecule has 1 N–H and O–H groups in total. The first-order chi connectivity index (χ1) is 10.2. The van der Waals surface area contributed by atoms with Crippen molar-refractivity contribution in [3.05, 3.63) is 36.1 Å². The quantitative estimate of drug-likeness (QED) is 0.940. The second kappa shape index (κ2) is 6.18. The fourth-order valence-corrected chi connectivity index (χ4v) is 2.99. The van der Waals surface area contributed by atoms with E-state index in [9.17, 15) is 5.11 Å². The van der Waals surface area contributed by atoms with Gasteiger partial charge in [0, 0.05) is 24.5 Å². The van der Waals surface area contributed by atoms with Crippen LogP contribution in [0.3, 0.4) is 0 Å². The molecule has 4 heteroatoms. The average Bonchev–Trinajstić information content (AvgIpc) is 2.91. The summed E-state index contributed by atoms with van der Waals surface area (Å²) in [5, 5.41) is 11.5. The van der Waals surface area contributed by atoms with E-state index < -0.39 is 6.10 Å². The third-order valence-corrected chi connectivity index (χ3v) is 4.23. The van der Waals surface area contributed by atoms with E-state index in [2.05, 4.69) is 18.7 Å². The van der Waals surface area contributed by atoms with Gasteiger partial charge in [0.25, 0.3) is 0 Å². The fraction of sp³-hybridized carbons (Fsp3) is 0.529. The molecule has 1 aromatic heterocycles. The Hall–Kier alpha value is -1.36. The summed E-state index contributed by atoms with van der Waals surface area (Å²) >= 11 is 0. The number of aliphatic hydroxyl groups excluding tert-OH is 1. The number of aliphatic hydroxyl groups is 1. The molecular weight excluding hydrogens is 266 g/mol. The number of morpholine rings is 1. The van der Waals surface area contributed by atoms with Crippen LogP contribution in [0.15, 0.2) is 34.7 Å². The van der Waals surface area contributed by atoms with E-state index >= 15 is 0 Å². The van der Waals surface area contributed by atoms with Gasteiger partial charge in [-0.15, -0.1) is 0 Å². The molecule has 4 nitrogen and oxygen atoms in total. The van der Waals surface area contributed by atoms with Crippen LogP contribution in [0.25, 0.3) is 11.0 Å². The molecule has 0 radical (unpaired) electrons. The summed E-state index contributed by atoms with van der Waals surface area (Å²) < 4.78 is 11.5. The first kappa shape index (κ1) is 14.6. The van der Waals surface area contributed by atoms with Gasteiger partial charge in [0.1, 0.15) is 17.4 Å². The van der Waals surface area contributed by atoms with Crippen molar-refractivity contribution < 1.29 is 14.3 Å². The lowest BCUT2D eigenvalue weighted by molar-refractivity contribution is -0.0697. The van der Waals surface area contributed by atoms with Crippen LogP contribution in [0.4, 0.5) is 0 Å². The van der Waals surface area contributed by atoms with E-state index in [4.69, 9.17) is 9.15 Å². The van der Waals surface area contributed by atoms with Crippen LogP contribution in [-0.2, 0) is 4.74 Å². The molecule has 3 atom stereocenters. The van der Waals surface area contributed by atoms with Gasteiger partial charge in [0.2, 0.25) is 0 Å². The summed E-state index contributed by atoms with van der Waals surface area (Å²) in [5.41, 5.74) is 0.828. The summed E-state index contributed by atoms with van der Waals surface area (Å²) in [5.74, 6) is 0.644. The van der Waals surface area contributed by atoms with E-state index in [-0.39, 0.29) is 6.10 Å². The van der Waals surface area contributed by atoms with Crippen molar-refractivity contribution in [1.29, 1.82) is 0 Å². The molecule has 0 spiro atoms. The predicted octanol–water partition coefficient (Wildman–Crippen LogP) is 2.97.